The first-order valence-corrected chi connectivity index (χ1v) is 3.65. The molecule has 0 saturated heterocycles. The van der Waals surface area contributed by atoms with Crippen molar-refractivity contribution in [3.63, 3.8) is 0 Å². The van der Waals surface area contributed by atoms with E-state index in [0.717, 1.165) is 7.11 Å². The van der Waals surface area contributed by atoms with Crippen LogP contribution in [0.3, 0.4) is 0 Å². The minimum absolute atomic E-state index is 0.112. The van der Waals surface area contributed by atoms with Gasteiger partial charge in [-0.05, 0) is 0 Å². The van der Waals surface area contributed by atoms with Crippen molar-refractivity contribution in [1.29, 1.82) is 0 Å². The van der Waals surface area contributed by atoms with E-state index in [9.17, 15) is 9.00 Å². The van der Waals surface area contributed by atoms with Gasteiger partial charge in [0.25, 0.3) is 0 Å². The Morgan fingerprint density at radius 3 is 2.64 bits per heavy atom. The maximum atomic E-state index is 10.2. The van der Waals surface area contributed by atoms with E-state index in [2.05, 4.69) is 13.7 Å². The third-order valence-electron chi connectivity index (χ3n) is 0.654. The van der Waals surface area contributed by atoms with Crippen LogP contribution in [0.1, 0.15) is 0 Å². The molecule has 0 aromatic carbocycles. The zero-order valence-electron chi connectivity index (χ0n) is 5.81. The van der Waals surface area contributed by atoms with Gasteiger partial charge in [0.15, 0.2) is 0 Å². The zero-order valence-corrected chi connectivity index (χ0v) is 6.63. The van der Waals surface area contributed by atoms with Gasteiger partial charge < -0.3 is 9.47 Å². The van der Waals surface area contributed by atoms with E-state index in [1.807, 2.05) is 0 Å². The summed E-state index contributed by atoms with van der Waals surface area (Å²) in [6.07, 6.45) is -0.850. The fourth-order valence-corrected chi connectivity index (χ4v) is 0.500. The van der Waals surface area contributed by atoms with Gasteiger partial charge in [-0.2, -0.15) is 4.21 Å². The van der Waals surface area contributed by atoms with Crippen LogP contribution in [0.2, 0.25) is 0 Å². The molecule has 1 atom stereocenters. The molecule has 0 fully saturated rings. The molecule has 0 aliphatic carbocycles. The Labute approximate surface area is 65.9 Å². The summed E-state index contributed by atoms with van der Waals surface area (Å²) in [5, 5.41) is 0. The van der Waals surface area contributed by atoms with Crippen molar-refractivity contribution in [2.75, 3.05) is 20.3 Å². The average Bonchev–Trinajstić information content (AvgIpc) is 1.97. The highest BCUT2D eigenvalue weighted by molar-refractivity contribution is 7.74. The van der Waals surface area contributed by atoms with Crippen LogP contribution in [0.25, 0.3) is 0 Å². The van der Waals surface area contributed by atoms with Gasteiger partial charge in [0.1, 0.15) is 13.2 Å². The molecular formula is C4H8O6S. The van der Waals surface area contributed by atoms with E-state index in [4.69, 9.17) is 4.55 Å². The highest BCUT2D eigenvalue weighted by Gasteiger charge is 1.99. The second-order valence-electron chi connectivity index (χ2n) is 1.34. The van der Waals surface area contributed by atoms with Gasteiger partial charge >= 0.3 is 17.5 Å². The van der Waals surface area contributed by atoms with Crippen molar-refractivity contribution >= 4 is 17.5 Å². The van der Waals surface area contributed by atoms with Gasteiger partial charge in [0, 0.05) is 0 Å². The highest BCUT2D eigenvalue weighted by Crippen LogP contribution is 1.84. The quantitative estimate of drug-likeness (QED) is 0.374. The number of hydrogen-bond acceptors (Lipinski definition) is 5. The smallest absolute Gasteiger partial charge is 0.438 e. The summed E-state index contributed by atoms with van der Waals surface area (Å²) >= 11 is -2.31. The van der Waals surface area contributed by atoms with Crippen LogP contribution in [0.4, 0.5) is 4.79 Å². The maximum absolute atomic E-state index is 10.2. The first-order chi connectivity index (χ1) is 5.16. The molecule has 0 aliphatic heterocycles. The van der Waals surface area contributed by atoms with E-state index in [1.54, 1.807) is 0 Å². The van der Waals surface area contributed by atoms with Crippen LogP contribution in [0.5, 0.6) is 0 Å². The molecule has 0 amide bonds. The Kier molecular flexibility index (Phi) is 5.71. The fourth-order valence-electron chi connectivity index (χ4n) is 0.289. The minimum atomic E-state index is -2.31. The molecule has 1 N–H and O–H groups in total. The van der Waals surface area contributed by atoms with Crippen molar-refractivity contribution < 1.29 is 27.2 Å². The van der Waals surface area contributed by atoms with Crippen LogP contribution in [-0.4, -0.2) is 35.2 Å². The number of carbonyl (C=O) groups is 1. The van der Waals surface area contributed by atoms with Crippen molar-refractivity contribution in [2.45, 2.75) is 0 Å². The topological polar surface area (TPSA) is 82.1 Å². The average molecular weight is 184 g/mol. The van der Waals surface area contributed by atoms with Crippen LogP contribution >= 0.6 is 0 Å². The summed E-state index contributed by atoms with van der Waals surface area (Å²) in [6.45, 7) is -0.253. The molecule has 0 aliphatic rings. The Bertz CT molecular complexity index is 146. The second kappa shape index (κ2) is 6.08. The summed E-state index contributed by atoms with van der Waals surface area (Å²) < 4.78 is 30.4. The molecule has 0 radical (unpaired) electrons. The van der Waals surface area contributed by atoms with Gasteiger partial charge in [-0.3, -0.25) is 8.74 Å². The number of ether oxygens (including phenoxy) is 2. The number of methoxy groups -OCH3 is 1. The lowest BCUT2D eigenvalue weighted by molar-refractivity contribution is 0.0620. The molecule has 0 aromatic rings. The normalized spacial score (nSPS) is 12.2. The monoisotopic (exact) mass is 184 g/mol. The Morgan fingerprint density at radius 1 is 1.55 bits per heavy atom. The molecule has 0 aromatic heterocycles. The van der Waals surface area contributed by atoms with Crippen LogP contribution in [0.15, 0.2) is 0 Å². The van der Waals surface area contributed by atoms with Gasteiger partial charge in [-0.25, -0.2) is 4.79 Å². The largest absolute Gasteiger partial charge is 0.508 e. The highest BCUT2D eigenvalue weighted by atomic mass is 32.2. The van der Waals surface area contributed by atoms with Gasteiger partial charge in [-0.1, -0.05) is 0 Å². The predicted octanol–water partition coefficient (Wildman–Crippen LogP) is -0.0773. The zero-order chi connectivity index (χ0) is 8.69. The third kappa shape index (κ3) is 7.23. The molecule has 0 bridgehead atoms. The second-order valence-corrected chi connectivity index (χ2v) is 2.01. The lowest BCUT2D eigenvalue weighted by atomic mass is 10.8. The molecule has 0 rings (SSSR count). The lowest BCUT2D eigenvalue weighted by Crippen LogP contribution is -2.10. The van der Waals surface area contributed by atoms with Crippen molar-refractivity contribution in [3.05, 3.63) is 0 Å². The van der Waals surface area contributed by atoms with Crippen LogP contribution < -0.4 is 0 Å². The van der Waals surface area contributed by atoms with E-state index >= 15 is 0 Å². The first-order valence-electron chi connectivity index (χ1n) is 2.61. The summed E-state index contributed by atoms with van der Waals surface area (Å²) in [5.41, 5.74) is 0. The minimum Gasteiger partial charge on any atom is -0.438 e. The molecule has 0 spiro atoms. The lowest BCUT2D eigenvalue weighted by Gasteiger charge is -2.00. The van der Waals surface area contributed by atoms with E-state index in [1.165, 1.54) is 0 Å². The Morgan fingerprint density at radius 2 is 2.18 bits per heavy atom. The summed E-state index contributed by atoms with van der Waals surface area (Å²) in [6, 6.07) is 0. The van der Waals surface area contributed by atoms with Gasteiger partial charge in [-0.15, -0.1) is 0 Å². The van der Waals surface area contributed by atoms with Crippen LogP contribution in [0, 0.1) is 0 Å². The SMILES string of the molecule is COC(=O)OCCOS(=O)O. The predicted molar refractivity (Wildman–Crippen MR) is 35.1 cm³/mol. The number of carbonyl (C=O) groups excluding carboxylic acids is 1. The summed E-state index contributed by atoms with van der Waals surface area (Å²) in [5.74, 6) is 0. The molecule has 0 saturated carbocycles. The fraction of sp³-hybridized carbons (Fsp3) is 0.750. The maximum Gasteiger partial charge on any atom is 0.508 e. The summed E-state index contributed by atoms with van der Waals surface area (Å²) in [4.78, 5) is 10.2. The van der Waals surface area contributed by atoms with Crippen molar-refractivity contribution in [3.8, 4) is 0 Å². The van der Waals surface area contributed by atoms with E-state index < -0.39 is 17.5 Å². The molecule has 7 heteroatoms. The molecule has 66 valence electrons. The van der Waals surface area contributed by atoms with Crippen LogP contribution in [-0.2, 0) is 25.0 Å². The van der Waals surface area contributed by atoms with Gasteiger partial charge in [0.05, 0.1) is 7.11 Å². The van der Waals surface area contributed by atoms with Crippen molar-refractivity contribution in [2.24, 2.45) is 0 Å². The first kappa shape index (κ1) is 10.3. The standard InChI is InChI=1S/C4H8O6S/c1-8-4(5)9-2-3-10-11(6)7/h2-3H2,1H3,(H,6,7). The molecular weight excluding hydrogens is 176 g/mol. The number of rotatable bonds is 4. The molecule has 11 heavy (non-hydrogen) atoms. The third-order valence-corrected chi connectivity index (χ3v) is 1.02. The Hall–Kier alpha value is -0.660. The molecule has 6 nitrogen and oxygen atoms in total. The molecule has 1 unspecified atom stereocenters. The summed E-state index contributed by atoms with van der Waals surface area (Å²) in [7, 11) is 1.16. The van der Waals surface area contributed by atoms with E-state index in [-0.39, 0.29) is 13.2 Å². The van der Waals surface area contributed by atoms with Crippen molar-refractivity contribution in [1.82, 2.24) is 0 Å². The van der Waals surface area contributed by atoms with Gasteiger partial charge in [0.2, 0.25) is 0 Å². The Balaban J connectivity index is 3.14. The van der Waals surface area contributed by atoms with E-state index in [0.29, 0.717) is 0 Å². The number of hydrogen-bond donors (Lipinski definition) is 1. The molecule has 0 heterocycles.